The molecule has 0 atom stereocenters. The molecular weight excluding hydrogens is 300 g/mol. The van der Waals surface area contributed by atoms with Gasteiger partial charge in [0.15, 0.2) is 10.9 Å². The molecule has 3 aromatic rings. The molecule has 0 saturated carbocycles. The van der Waals surface area contributed by atoms with Crippen molar-refractivity contribution in [2.75, 3.05) is 11.5 Å². The van der Waals surface area contributed by atoms with Crippen LogP contribution in [-0.2, 0) is 0 Å². The maximum atomic E-state index is 12.5. The third kappa shape index (κ3) is 2.75. The largest absolute Gasteiger partial charge is 0.383 e. The fraction of sp³-hybridized carbons (Fsp3) is 0.133. The number of aromatic nitrogens is 3. The van der Waals surface area contributed by atoms with Gasteiger partial charge in [-0.3, -0.25) is 9.59 Å². The summed E-state index contributed by atoms with van der Waals surface area (Å²) in [6.07, 6.45) is 0. The Morgan fingerprint density at radius 1 is 1.32 bits per heavy atom. The number of nitrogens with two attached hydrogens (primary N) is 1. The van der Waals surface area contributed by atoms with Crippen LogP contribution in [-0.4, -0.2) is 26.5 Å². The van der Waals surface area contributed by atoms with Crippen molar-refractivity contribution < 1.29 is 4.79 Å². The molecule has 0 radical (unpaired) electrons. The van der Waals surface area contributed by atoms with Gasteiger partial charge in [0.2, 0.25) is 0 Å². The van der Waals surface area contributed by atoms with Gasteiger partial charge in [0.1, 0.15) is 5.82 Å². The van der Waals surface area contributed by atoms with E-state index < -0.39 is 0 Å². The van der Waals surface area contributed by atoms with Gasteiger partial charge >= 0.3 is 0 Å². The lowest BCUT2D eigenvalue weighted by Gasteiger charge is -2.02. The molecule has 0 unspecified atom stereocenters. The average molecular weight is 314 g/mol. The zero-order chi connectivity index (χ0) is 15.7. The number of aryl methyl sites for hydroxylation is 1. The molecule has 1 aromatic carbocycles. The monoisotopic (exact) mass is 314 g/mol. The molecule has 0 amide bonds. The number of rotatable bonds is 4. The predicted octanol–water partition coefficient (Wildman–Crippen LogP) is 2.12. The molecule has 0 aliphatic heterocycles. The second-order valence-electron chi connectivity index (χ2n) is 4.86. The highest BCUT2D eigenvalue weighted by atomic mass is 32.2. The van der Waals surface area contributed by atoms with E-state index in [1.54, 1.807) is 0 Å². The van der Waals surface area contributed by atoms with E-state index in [9.17, 15) is 9.59 Å². The number of hydrogen-bond acceptors (Lipinski definition) is 5. The van der Waals surface area contributed by atoms with Crippen molar-refractivity contribution in [2.24, 2.45) is 0 Å². The molecule has 22 heavy (non-hydrogen) atoms. The Labute approximate surface area is 130 Å². The minimum Gasteiger partial charge on any atom is -0.383 e. The minimum atomic E-state index is -0.328. The molecule has 0 fully saturated rings. The highest BCUT2D eigenvalue weighted by Crippen LogP contribution is 2.24. The molecule has 112 valence electrons. The average Bonchev–Trinajstić information content (AvgIpc) is 2.79. The van der Waals surface area contributed by atoms with Crippen LogP contribution in [0.4, 0.5) is 5.82 Å². The van der Waals surface area contributed by atoms with Crippen LogP contribution < -0.4 is 11.3 Å². The van der Waals surface area contributed by atoms with E-state index in [1.165, 1.54) is 6.07 Å². The summed E-state index contributed by atoms with van der Waals surface area (Å²) in [4.78, 5) is 33.6. The smallest absolute Gasteiger partial charge is 0.253 e. The number of anilines is 1. The summed E-state index contributed by atoms with van der Waals surface area (Å²) in [5, 5.41) is 1.25. The van der Waals surface area contributed by atoms with Crippen molar-refractivity contribution in [3.05, 3.63) is 51.9 Å². The van der Waals surface area contributed by atoms with Crippen LogP contribution in [0.3, 0.4) is 0 Å². The van der Waals surface area contributed by atoms with Crippen molar-refractivity contribution in [1.82, 2.24) is 15.0 Å². The lowest BCUT2D eigenvalue weighted by molar-refractivity contribution is 0.102. The van der Waals surface area contributed by atoms with Crippen LogP contribution >= 0.6 is 11.8 Å². The Hall–Kier alpha value is -2.54. The fourth-order valence-corrected chi connectivity index (χ4v) is 3.12. The van der Waals surface area contributed by atoms with E-state index in [0.717, 1.165) is 28.4 Å². The van der Waals surface area contributed by atoms with Gasteiger partial charge in [-0.25, -0.2) is 4.98 Å². The molecule has 0 aliphatic carbocycles. The zero-order valence-electron chi connectivity index (χ0n) is 11.8. The second-order valence-corrected chi connectivity index (χ2v) is 5.82. The summed E-state index contributed by atoms with van der Waals surface area (Å²) in [7, 11) is 0. The molecule has 6 nitrogen and oxygen atoms in total. The summed E-state index contributed by atoms with van der Waals surface area (Å²) in [5.74, 6) is 0.293. The third-order valence-electron chi connectivity index (χ3n) is 3.25. The molecular formula is C15H14N4O2S. The first-order valence-electron chi connectivity index (χ1n) is 6.65. The second kappa shape index (κ2) is 5.69. The molecule has 3 rings (SSSR count). The Bertz CT molecular complexity index is 913. The Kier molecular flexibility index (Phi) is 3.72. The highest BCUT2D eigenvalue weighted by Gasteiger charge is 2.16. The normalized spacial score (nSPS) is 11.0. The maximum Gasteiger partial charge on any atom is 0.253 e. The van der Waals surface area contributed by atoms with Crippen LogP contribution in [0.25, 0.3) is 10.9 Å². The summed E-state index contributed by atoms with van der Waals surface area (Å²) in [5.41, 5.74) is 7.64. The van der Waals surface area contributed by atoms with Crippen molar-refractivity contribution in [3.63, 3.8) is 0 Å². The van der Waals surface area contributed by atoms with E-state index in [4.69, 9.17) is 5.73 Å². The van der Waals surface area contributed by atoms with Crippen LogP contribution in [0.1, 0.15) is 16.1 Å². The van der Waals surface area contributed by atoms with Gasteiger partial charge in [-0.1, -0.05) is 30.0 Å². The molecule has 2 aromatic heterocycles. The standard InChI is InChI=1S/C15H14N4O2S/c1-8-14(9-4-2-3-5-10(9)17-8)11(20)7-22-15-18-12(16)6-13(21)19-15/h2-6,17H,7H2,1H3,(H3,16,18,19,21). The first-order chi connectivity index (χ1) is 10.5. The number of benzene rings is 1. The molecule has 0 aliphatic rings. The first-order valence-corrected chi connectivity index (χ1v) is 7.63. The van der Waals surface area contributed by atoms with Crippen molar-refractivity contribution in [1.29, 1.82) is 0 Å². The van der Waals surface area contributed by atoms with Crippen LogP contribution in [0.2, 0.25) is 0 Å². The lowest BCUT2D eigenvalue weighted by Crippen LogP contribution is -2.11. The Morgan fingerprint density at radius 2 is 2.09 bits per heavy atom. The molecule has 0 saturated heterocycles. The SMILES string of the molecule is Cc1[nH]c2ccccc2c1C(=O)CSc1nc(N)cc(=O)[nH]1. The van der Waals surface area contributed by atoms with Gasteiger partial charge in [-0.05, 0) is 13.0 Å². The number of nitrogens with one attached hydrogen (secondary N) is 2. The zero-order valence-corrected chi connectivity index (χ0v) is 12.7. The minimum absolute atomic E-state index is 0.0231. The number of hydrogen-bond donors (Lipinski definition) is 3. The van der Waals surface area contributed by atoms with Crippen LogP contribution in [0.15, 0.2) is 40.3 Å². The van der Waals surface area contributed by atoms with E-state index in [0.29, 0.717) is 10.7 Å². The van der Waals surface area contributed by atoms with E-state index in [2.05, 4.69) is 15.0 Å². The topological polar surface area (TPSA) is 105 Å². The number of para-hydroxylation sites is 1. The number of fused-ring (bicyclic) bond motifs is 1. The Balaban J connectivity index is 1.84. The van der Waals surface area contributed by atoms with Gasteiger partial charge in [0, 0.05) is 28.2 Å². The number of nitrogen functional groups attached to an aromatic ring is 1. The molecule has 0 spiro atoms. The van der Waals surface area contributed by atoms with Gasteiger partial charge in [0.05, 0.1) is 5.75 Å². The van der Waals surface area contributed by atoms with Gasteiger partial charge < -0.3 is 15.7 Å². The fourth-order valence-electron chi connectivity index (χ4n) is 2.36. The van der Waals surface area contributed by atoms with Crippen molar-refractivity contribution >= 4 is 34.3 Å². The van der Waals surface area contributed by atoms with Crippen LogP contribution in [0, 0.1) is 6.92 Å². The van der Waals surface area contributed by atoms with E-state index in [1.807, 2.05) is 31.2 Å². The number of thioether (sulfide) groups is 1. The summed E-state index contributed by atoms with van der Waals surface area (Å²) in [6, 6.07) is 8.87. The van der Waals surface area contributed by atoms with E-state index >= 15 is 0 Å². The molecule has 4 N–H and O–H groups in total. The molecule has 7 heteroatoms. The number of carbonyl (C=O) groups excluding carboxylic acids is 1. The first kappa shape index (κ1) is 14.4. The quantitative estimate of drug-likeness (QED) is 0.389. The lowest BCUT2D eigenvalue weighted by atomic mass is 10.1. The molecule has 0 bridgehead atoms. The number of nitrogens with zero attached hydrogens (tertiary/aromatic N) is 1. The van der Waals surface area contributed by atoms with Crippen molar-refractivity contribution in [2.45, 2.75) is 12.1 Å². The number of ketones is 1. The highest BCUT2D eigenvalue weighted by molar-refractivity contribution is 7.99. The van der Waals surface area contributed by atoms with Gasteiger partial charge in [-0.2, -0.15) is 0 Å². The van der Waals surface area contributed by atoms with E-state index in [-0.39, 0.29) is 22.9 Å². The Morgan fingerprint density at radius 3 is 2.86 bits per heavy atom. The summed E-state index contributed by atoms with van der Waals surface area (Å²) < 4.78 is 0. The summed E-state index contributed by atoms with van der Waals surface area (Å²) in [6.45, 7) is 1.87. The summed E-state index contributed by atoms with van der Waals surface area (Å²) >= 11 is 1.16. The number of aromatic amines is 2. The predicted molar refractivity (Wildman–Crippen MR) is 87.4 cm³/mol. The molecule has 2 heterocycles. The maximum absolute atomic E-state index is 12.5. The number of Topliss-reactive ketones (excluding diaryl/α,β-unsaturated/α-hetero) is 1. The van der Waals surface area contributed by atoms with Crippen LogP contribution in [0.5, 0.6) is 0 Å². The van der Waals surface area contributed by atoms with Gasteiger partial charge in [0.25, 0.3) is 5.56 Å². The number of H-pyrrole nitrogens is 2. The van der Waals surface area contributed by atoms with Gasteiger partial charge in [-0.15, -0.1) is 0 Å². The van der Waals surface area contributed by atoms with Crippen molar-refractivity contribution in [3.8, 4) is 0 Å². The third-order valence-corrected chi connectivity index (χ3v) is 4.13. The number of carbonyl (C=O) groups is 1.